The highest BCUT2D eigenvalue weighted by atomic mass is 16.5. The number of nitrogens with zero attached hydrogens (tertiary/aromatic N) is 6. The van der Waals surface area contributed by atoms with Crippen LogP contribution in [0, 0.1) is 0 Å². The third kappa shape index (κ3) is 4.00. The minimum atomic E-state index is -0.176. The quantitative estimate of drug-likeness (QED) is 0.701. The molecule has 2 aromatic heterocycles. The lowest BCUT2D eigenvalue weighted by atomic mass is 10.1. The van der Waals surface area contributed by atoms with Crippen molar-refractivity contribution in [2.45, 2.75) is 32.7 Å². The SMILES string of the molecule is CCc1noc(-c2cn([C@@H]3CCN(C(=O)c4cccc(NC(C)=O)c4)C3)nn2)n1. The van der Waals surface area contributed by atoms with Crippen LogP contribution in [0.3, 0.4) is 0 Å². The van der Waals surface area contributed by atoms with Crippen molar-refractivity contribution in [3.8, 4) is 11.6 Å². The Balaban J connectivity index is 1.44. The van der Waals surface area contributed by atoms with Crippen LogP contribution in [0.5, 0.6) is 0 Å². The van der Waals surface area contributed by atoms with Gasteiger partial charge in [-0.05, 0) is 24.6 Å². The van der Waals surface area contributed by atoms with E-state index in [0.29, 0.717) is 48.2 Å². The summed E-state index contributed by atoms with van der Waals surface area (Å²) in [5, 5.41) is 14.9. The number of hydrogen-bond donors (Lipinski definition) is 1. The zero-order valence-electron chi connectivity index (χ0n) is 16.2. The van der Waals surface area contributed by atoms with Gasteiger partial charge in [-0.3, -0.25) is 9.59 Å². The van der Waals surface area contributed by atoms with Crippen LogP contribution in [0.25, 0.3) is 11.6 Å². The number of anilines is 1. The molecule has 2 amide bonds. The minimum Gasteiger partial charge on any atom is -0.336 e. The first kappa shape index (κ1) is 18.8. The Hall–Kier alpha value is -3.56. The van der Waals surface area contributed by atoms with Crippen LogP contribution < -0.4 is 5.32 Å². The van der Waals surface area contributed by atoms with Crippen LogP contribution in [0.2, 0.25) is 0 Å². The van der Waals surface area contributed by atoms with E-state index in [2.05, 4.69) is 25.8 Å². The monoisotopic (exact) mass is 395 g/mol. The summed E-state index contributed by atoms with van der Waals surface area (Å²) in [6, 6.07) is 6.96. The number of nitrogens with one attached hydrogen (secondary N) is 1. The fourth-order valence-corrected chi connectivity index (χ4v) is 3.31. The first-order valence-electron chi connectivity index (χ1n) is 9.45. The first-order valence-corrected chi connectivity index (χ1v) is 9.45. The molecule has 0 radical (unpaired) electrons. The van der Waals surface area contributed by atoms with Crippen molar-refractivity contribution in [3.05, 3.63) is 41.9 Å². The molecule has 150 valence electrons. The highest BCUT2D eigenvalue weighted by molar-refractivity contribution is 5.97. The Kier molecular flexibility index (Phi) is 5.07. The van der Waals surface area contributed by atoms with Gasteiger partial charge in [0.15, 0.2) is 11.5 Å². The topological polar surface area (TPSA) is 119 Å². The number of benzene rings is 1. The maximum atomic E-state index is 12.9. The van der Waals surface area contributed by atoms with Crippen LogP contribution in [0.1, 0.15) is 42.5 Å². The molecule has 3 aromatic rings. The average molecular weight is 395 g/mol. The second-order valence-corrected chi connectivity index (χ2v) is 6.91. The predicted octanol–water partition coefficient (Wildman–Crippen LogP) is 1.94. The Labute approximate surface area is 166 Å². The second-order valence-electron chi connectivity index (χ2n) is 6.91. The standard InChI is InChI=1S/C19H21N7O3/c1-3-17-21-18(29-23-17)16-11-26(24-22-16)15-7-8-25(10-15)19(28)13-5-4-6-14(9-13)20-12(2)27/h4-6,9,11,15H,3,7-8,10H2,1-2H3,(H,20,27)/t15-/m1/s1. The van der Waals surface area contributed by atoms with Crippen LogP contribution in [-0.2, 0) is 11.2 Å². The number of carbonyl (C=O) groups excluding carboxylic acids is 2. The highest BCUT2D eigenvalue weighted by Gasteiger charge is 2.29. The molecule has 1 aliphatic heterocycles. The van der Waals surface area contributed by atoms with Gasteiger partial charge in [-0.25, -0.2) is 4.68 Å². The van der Waals surface area contributed by atoms with Gasteiger partial charge in [0, 0.05) is 37.7 Å². The summed E-state index contributed by atoms with van der Waals surface area (Å²) in [5.74, 6) is 0.706. The molecule has 1 saturated heterocycles. The van der Waals surface area contributed by atoms with E-state index in [-0.39, 0.29) is 17.9 Å². The van der Waals surface area contributed by atoms with Crippen molar-refractivity contribution in [2.75, 3.05) is 18.4 Å². The molecule has 0 spiro atoms. The summed E-state index contributed by atoms with van der Waals surface area (Å²) in [6.07, 6.45) is 3.22. The molecule has 1 atom stereocenters. The number of carbonyl (C=O) groups is 2. The van der Waals surface area contributed by atoms with E-state index in [4.69, 9.17) is 4.52 Å². The smallest absolute Gasteiger partial charge is 0.280 e. The number of aromatic nitrogens is 5. The van der Waals surface area contributed by atoms with E-state index in [1.807, 2.05) is 6.92 Å². The summed E-state index contributed by atoms with van der Waals surface area (Å²) < 4.78 is 6.94. The third-order valence-corrected chi connectivity index (χ3v) is 4.77. The van der Waals surface area contributed by atoms with E-state index in [1.54, 1.807) is 40.0 Å². The van der Waals surface area contributed by atoms with Crippen LogP contribution >= 0.6 is 0 Å². The fourth-order valence-electron chi connectivity index (χ4n) is 3.31. The Morgan fingerprint density at radius 3 is 2.97 bits per heavy atom. The second kappa shape index (κ2) is 7.82. The zero-order chi connectivity index (χ0) is 20.4. The van der Waals surface area contributed by atoms with Gasteiger partial charge >= 0.3 is 0 Å². The molecule has 0 saturated carbocycles. The van der Waals surface area contributed by atoms with E-state index in [0.717, 1.165) is 6.42 Å². The molecule has 1 aromatic carbocycles. The average Bonchev–Trinajstić information content (AvgIpc) is 3.46. The largest absolute Gasteiger partial charge is 0.336 e. The van der Waals surface area contributed by atoms with Crippen LogP contribution in [-0.4, -0.2) is 54.9 Å². The molecule has 0 bridgehead atoms. The van der Waals surface area contributed by atoms with Gasteiger partial charge < -0.3 is 14.7 Å². The summed E-state index contributed by atoms with van der Waals surface area (Å²) in [4.78, 5) is 30.1. The van der Waals surface area contributed by atoms with Crippen molar-refractivity contribution in [2.24, 2.45) is 0 Å². The molecule has 1 aliphatic rings. The van der Waals surface area contributed by atoms with Crippen LogP contribution in [0.4, 0.5) is 5.69 Å². The predicted molar refractivity (Wildman–Crippen MR) is 103 cm³/mol. The van der Waals surface area contributed by atoms with E-state index in [9.17, 15) is 9.59 Å². The van der Waals surface area contributed by atoms with E-state index in [1.165, 1.54) is 6.92 Å². The fraction of sp³-hybridized carbons (Fsp3) is 0.368. The van der Waals surface area contributed by atoms with Gasteiger partial charge in [0.2, 0.25) is 5.91 Å². The third-order valence-electron chi connectivity index (χ3n) is 4.77. The minimum absolute atomic E-state index is 0.0206. The van der Waals surface area contributed by atoms with Gasteiger partial charge in [-0.1, -0.05) is 23.4 Å². The van der Waals surface area contributed by atoms with Crippen molar-refractivity contribution >= 4 is 17.5 Å². The van der Waals surface area contributed by atoms with Gasteiger partial charge in [0.25, 0.3) is 11.8 Å². The maximum Gasteiger partial charge on any atom is 0.280 e. The number of likely N-dealkylation sites (tertiary alicyclic amines) is 1. The normalized spacial score (nSPS) is 16.2. The molecular formula is C19H21N7O3. The number of amides is 2. The van der Waals surface area contributed by atoms with Crippen molar-refractivity contribution in [1.29, 1.82) is 0 Å². The first-order chi connectivity index (χ1) is 14.0. The van der Waals surface area contributed by atoms with Gasteiger partial charge in [0.05, 0.1) is 12.2 Å². The lowest BCUT2D eigenvalue weighted by Gasteiger charge is -2.17. The molecule has 0 unspecified atom stereocenters. The zero-order valence-corrected chi connectivity index (χ0v) is 16.2. The Bertz CT molecular complexity index is 1040. The lowest BCUT2D eigenvalue weighted by molar-refractivity contribution is -0.114. The van der Waals surface area contributed by atoms with Gasteiger partial charge in [-0.2, -0.15) is 4.98 Å². The van der Waals surface area contributed by atoms with Gasteiger partial charge in [0.1, 0.15) is 0 Å². The molecule has 1 fully saturated rings. The van der Waals surface area contributed by atoms with Crippen molar-refractivity contribution in [1.82, 2.24) is 30.0 Å². The summed E-state index contributed by atoms with van der Waals surface area (Å²) in [5.41, 5.74) is 1.66. The number of hydrogen-bond acceptors (Lipinski definition) is 7. The summed E-state index contributed by atoms with van der Waals surface area (Å²) in [7, 11) is 0. The van der Waals surface area contributed by atoms with E-state index < -0.39 is 0 Å². The maximum absolute atomic E-state index is 12.9. The molecule has 4 rings (SSSR count). The lowest BCUT2D eigenvalue weighted by Crippen LogP contribution is -2.29. The summed E-state index contributed by atoms with van der Waals surface area (Å²) >= 11 is 0. The molecule has 3 heterocycles. The van der Waals surface area contributed by atoms with Crippen molar-refractivity contribution < 1.29 is 14.1 Å². The molecule has 1 N–H and O–H groups in total. The van der Waals surface area contributed by atoms with Gasteiger partial charge in [-0.15, -0.1) is 5.10 Å². The van der Waals surface area contributed by atoms with E-state index >= 15 is 0 Å². The Morgan fingerprint density at radius 1 is 1.34 bits per heavy atom. The van der Waals surface area contributed by atoms with Crippen molar-refractivity contribution in [3.63, 3.8) is 0 Å². The number of aryl methyl sites for hydroxylation is 1. The number of rotatable bonds is 5. The molecule has 10 nitrogen and oxygen atoms in total. The molecule has 10 heteroatoms. The highest BCUT2D eigenvalue weighted by Crippen LogP contribution is 2.25. The molecular weight excluding hydrogens is 374 g/mol. The molecule has 29 heavy (non-hydrogen) atoms. The molecule has 0 aliphatic carbocycles. The summed E-state index contributed by atoms with van der Waals surface area (Å²) in [6.45, 7) is 4.52. The van der Waals surface area contributed by atoms with Crippen LogP contribution in [0.15, 0.2) is 35.0 Å². The Morgan fingerprint density at radius 2 is 2.21 bits per heavy atom.